The molecule has 0 radical (unpaired) electrons. The molecule has 0 atom stereocenters. The van der Waals surface area contributed by atoms with Crippen LogP contribution in [0, 0.1) is 0 Å². The second-order valence-corrected chi connectivity index (χ2v) is 6.42. The first kappa shape index (κ1) is 26.7. The van der Waals surface area contributed by atoms with Crippen molar-refractivity contribution in [2.24, 2.45) is 0 Å². The van der Waals surface area contributed by atoms with Crippen molar-refractivity contribution < 1.29 is 14.3 Å². The van der Waals surface area contributed by atoms with E-state index in [0.29, 0.717) is 25.2 Å². The maximum Gasteiger partial charge on any atom is 0.337 e. The van der Waals surface area contributed by atoms with E-state index >= 15 is 0 Å². The second kappa shape index (κ2) is 22.0. The molecule has 0 aromatic carbocycles. The third-order valence-electron chi connectivity index (χ3n) is 3.90. The normalized spacial score (nSPS) is 13.0. The standard InChI is InChI=1S/C26H40O3/c1-4-7-8-9-10-11-12-13-14-15-16-17-18-19-20-21-22-23-25(24-28-5-2)26(27)29-6-3/h7-8,10-11,13-14,16-17,19-20,24H,4-6,9,12,15,18,21-23H2,1-3H3/b8-7-,11-10-,14-13-,17-16-,20-19-,25-24+. The zero-order valence-electron chi connectivity index (χ0n) is 18.6. The lowest BCUT2D eigenvalue weighted by molar-refractivity contribution is -0.138. The van der Waals surface area contributed by atoms with Crippen LogP contribution in [0.3, 0.4) is 0 Å². The molecule has 0 aliphatic rings. The molecule has 162 valence electrons. The van der Waals surface area contributed by atoms with E-state index in [1.165, 1.54) is 6.26 Å². The van der Waals surface area contributed by atoms with E-state index in [2.05, 4.69) is 67.7 Å². The molecule has 0 fully saturated rings. The van der Waals surface area contributed by atoms with Crippen molar-refractivity contribution in [3.8, 4) is 0 Å². The molecule has 0 spiro atoms. The molecule has 0 aliphatic heterocycles. The third-order valence-corrected chi connectivity index (χ3v) is 3.90. The monoisotopic (exact) mass is 400 g/mol. The lowest BCUT2D eigenvalue weighted by atomic mass is 10.1. The SMILES string of the molecule is CC/C=C\C/C=C\C/C=C\C/C=C\C/C=C\CCC/C(=C\OCC)C(=O)OCC. The van der Waals surface area contributed by atoms with Crippen molar-refractivity contribution in [1.82, 2.24) is 0 Å². The van der Waals surface area contributed by atoms with Crippen LogP contribution in [-0.2, 0) is 14.3 Å². The minimum absolute atomic E-state index is 0.273. The van der Waals surface area contributed by atoms with E-state index in [1.807, 2.05) is 13.8 Å². The summed E-state index contributed by atoms with van der Waals surface area (Å²) in [5.41, 5.74) is 0.612. The van der Waals surface area contributed by atoms with E-state index in [9.17, 15) is 4.79 Å². The van der Waals surface area contributed by atoms with E-state index < -0.39 is 0 Å². The van der Waals surface area contributed by atoms with Gasteiger partial charge in [0.1, 0.15) is 0 Å². The number of rotatable bonds is 17. The van der Waals surface area contributed by atoms with Gasteiger partial charge in [-0.2, -0.15) is 0 Å². The fourth-order valence-electron chi connectivity index (χ4n) is 2.40. The number of hydrogen-bond donors (Lipinski definition) is 0. The molecular formula is C26H40O3. The van der Waals surface area contributed by atoms with Gasteiger partial charge in [-0.3, -0.25) is 0 Å². The van der Waals surface area contributed by atoms with Gasteiger partial charge in [-0.05, 0) is 65.2 Å². The zero-order chi connectivity index (χ0) is 21.4. The first-order valence-electron chi connectivity index (χ1n) is 11.0. The number of unbranched alkanes of at least 4 members (excludes halogenated alkanes) is 1. The molecule has 3 nitrogen and oxygen atoms in total. The number of carbonyl (C=O) groups is 1. The van der Waals surface area contributed by atoms with Crippen molar-refractivity contribution in [1.29, 1.82) is 0 Å². The second-order valence-electron chi connectivity index (χ2n) is 6.42. The van der Waals surface area contributed by atoms with Crippen LogP contribution in [-0.4, -0.2) is 19.2 Å². The lowest BCUT2D eigenvalue weighted by Gasteiger charge is -2.06. The van der Waals surface area contributed by atoms with Crippen molar-refractivity contribution in [2.45, 2.75) is 72.1 Å². The van der Waals surface area contributed by atoms with E-state index in [-0.39, 0.29) is 5.97 Å². The van der Waals surface area contributed by atoms with Gasteiger partial charge >= 0.3 is 5.97 Å². The Labute approximate surface area is 178 Å². The van der Waals surface area contributed by atoms with Crippen LogP contribution >= 0.6 is 0 Å². The number of ether oxygens (including phenoxy) is 2. The number of esters is 1. The summed E-state index contributed by atoms with van der Waals surface area (Å²) >= 11 is 0. The molecule has 0 aromatic heterocycles. The highest BCUT2D eigenvalue weighted by molar-refractivity contribution is 5.88. The molecular weight excluding hydrogens is 360 g/mol. The Bertz CT molecular complexity index is 563. The lowest BCUT2D eigenvalue weighted by Crippen LogP contribution is -2.08. The minimum atomic E-state index is -0.273. The van der Waals surface area contributed by atoms with Gasteiger partial charge in [0.15, 0.2) is 0 Å². The highest BCUT2D eigenvalue weighted by Gasteiger charge is 2.10. The summed E-state index contributed by atoms with van der Waals surface area (Å²) in [5, 5.41) is 0. The maximum atomic E-state index is 11.8. The summed E-state index contributed by atoms with van der Waals surface area (Å²) in [6.07, 6.45) is 31.0. The van der Waals surface area contributed by atoms with Crippen LogP contribution in [0.25, 0.3) is 0 Å². The molecule has 0 bridgehead atoms. The summed E-state index contributed by atoms with van der Waals surface area (Å²) in [6, 6.07) is 0. The molecule has 0 saturated heterocycles. The van der Waals surface area contributed by atoms with Crippen LogP contribution in [0.1, 0.15) is 72.1 Å². The maximum absolute atomic E-state index is 11.8. The highest BCUT2D eigenvalue weighted by Crippen LogP contribution is 2.11. The van der Waals surface area contributed by atoms with Gasteiger partial charge in [-0.25, -0.2) is 4.79 Å². The Morgan fingerprint density at radius 3 is 1.69 bits per heavy atom. The van der Waals surface area contributed by atoms with Crippen LogP contribution in [0.2, 0.25) is 0 Å². The van der Waals surface area contributed by atoms with Gasteiger partial charge in [-0.15, -0.1) is 0 Å². The van der Waals surface area contributed by atoms with Crippen LogP contribution < -0.4 is 0 Å². The Balaban J connectivity index is 3.85. The van der Waals surface area contributed by atoms with Gasteiger partial charge in [0.2, 0.25) is 0 Å². The number of hydrogen-bond acceptors (Lipinski definition) is 3. The molecule has 29 heavy (non-hydrogen) atoms. The molecule has 3 heteroatoms. The summed E-state index contributed by atoms with van der Waals surface area (Å²) in [7, 11) is 0. The highest BCUT2D eigenvalue weighted by atomic mass is 16.5. The molecule has 0 unspecified atom stereocenters. The fraction of sp³-hybridized carbons (Fsp3) is 0.500. The first-order chi connectivity index (χ1) is 14.3. The van der Waals surface area contributed by atoms with Crippen molar-refractivity contribution in [2.75, 3.05) is 13.2 Å². The van der Waals surface area contributed by atoms with E-state index in [1.54, 1.807) is 0 Å². The Morgan fingerprint density at radius 2 is 1.21 bits per heavy atom. The van der Waals surface area contributed by atoms with Crippen LogP contribution in [0.4, 0.5) is 0 Å². The summed E-state index contributed by atoms with van der Waals surface area (Å²) in [5.74, 6) is -0.273. The topological polar surface area (TPSA) is 35.5 Å². The summed E-state index contributed by atoms with van der Waals surface area (Å²) in [4.78, 5) is 11.8. The van der Waals surface area contributed by atoms with Crippen molar-refractivity contribution in [3.05, 3.63) is 72.6 Å². The van der Waals surface area contributed by atoms with Crippen LogP contribution in [0.15, 0.2) is 72.6 Å². The van der Waals surface area contributed by atoms with Gasteiger partial charge in [0.05, 0.1) is 25.0 Å². The van der Waals surface area contributed by atoms with E-state index in [4.69, 9.17) is 9.47 Å². The number of carbonyl (C=O) groups excluding carboxylic acids is 1. The molecule has 0 N–H and O–H groups in total. The summed E-state index contributed by atoms with van der Waals surface area (Å²) in [6.45, 7) is 6.80. The average Bonchev–Trinajstić information content (AvgIpc) is 2.72. The fourth-order valence-corrected chi connectivity index (χ4v) is 2.40. The number of allylic oxidation sites excluding steroid dienone is 10. The zero-order valence-corrected chi connectivity index (χ0v) is 18.6. The molecule has 0 aliphatic carbocycles. The van der Waals surface area contributed by atoms with Gasteiger partial charge in [-0.1, -0.05) is 67.7 Å². The molecule has 0 rings (SSSR count). The van der Waals surface area contributed by atoms with E-state index in [0.717, 1.165) is 44.9 Å². The van der Waals surface area contributed by atoms with Crippen molar-refractivity contribution in [3.63, 3.8) is 0 Å². The molecule has 0 aromatic rings. The van der Waals surface area contributed by atoms with Gasteiger partial charge in [0.25, 0.3) is 0 Å². The molecule has 0 heterocycles. The quantitative estimate of drug-likeness (QED) is 0.0839. The molecule has 0 saturated carbocycles. The van der Waals surface area contributed by atoms with Gasteiger partial charge in [0, 0.05) is 0 Å². The van der Waals surface area contributed by atoms with Crippen molar-refractivity contribution >= 4 is 5.97 Å². The molecule has 0 amide bonds. The van der Waals surface area contributed by atoms with Gasteiger partial charge < -0.3 is 9.47 Å². The predicted molar refractivity (Wildman–Crippen MR) is 125 cm³/mol. The van der Waals surface area contributed by atoms with Crippen LogP contribution in [0.5, 0.6) is 0 Å². The smallest absolute Gasteiger partial charge is 0.337 e. The summed E-state index contributed by atoms with van der Waals surface area (Å²) < 4.78 is 10.3. The third kappa shape index (κ3) is 18.8. The Kier molecular flexibility index (Phi) is 20.3. The minimum Gasteiger partial charge on any atom is -0.501 e. The first-order valence-corrected chi connectivity index (χ1v) is 11.0. The Hall–Kier alpha value is -2.29. The Morgan fingerprint density at radius 1 is 0.690 bits per heavy atom. The predicted octanol–water partition coefficient (Wildman–Crippen LogP) is 7.39. The largest absolute Gasteiger partial charge is 0.501 e. The average molecular weight is 401 g/mol.